The lowest BCUT2D eigenvalue weighted by molar-refractivity contribution is -0.138. The van der Waals surface area contributed by atoms with Gasteiger partial charge in [-0.15, -0.1) is 0 Å². The molecule has 2 aromatic carbocycles. The van der Waals surface area contributed by atoms with Crippen LogP contribution in [0.15, 0.2) is 67.3 Å². The van der Waals surface area contributed by atoms with E-state index in [0.29, 0.717) is 11.3 Å². The number of nitrogens with two attached hydrogens (primary N) is 1. The Bertz CT molecular complexity index is 1500. The van der Waals surface area contributed by atoms with Gasteiger partial charge in [-0.05, 0) is 29.3 Å². The second-order valence-corrected chi connectivity index (χ2v) is 9.56. The third-order valence-corrected chi connectivity index (χ3v) is 6.49. The number of amides is 3. The number of nitrogens with zero attached hydrogens (tertiary/aromatic N) is 1. The minimum atomic E-state index is -1.25. The molecule has 4 rings (SSSR count). The lowest BCUT2D eigenvalue weighted by atomic mass is 10.0. The molecule has 3 unspecified atom stereocenters. The summed E-state index contributed by atoms with van der Waals surface area (Å²) in [6.45, 7) is -0.640. The average Bonchev–Trinajstić information content (AvgIpc) is 3.62. The molecule has 9 N–H and O–H groups in total. The van der Waals surface area contributed by atoms with Crippen molar-refractivity contribution in [3.05, 3.63) is 84.1 Å². The lowest BCUT2D eigenvalue weighted by Gasteiger charge is -2.24. The minimum Gasteiger partial charge on any atom is -0.508 e. The molecular formula is C28H31N7O6. The zero-order chi connectivity index (χ0) is 29.4. The first-order valence-corrected chi connectivity index (χ1v) is 12.9. The predicted octanol–water partition coefficient (Wildman–Crippen LogP) is 0.122. The fraction of sp³-hybridized carbons (Fsp3) is 0.250. The van der Waals surface area contributed by atoms with Gasteiger partial charge in [0.2, 0.25) is 17.7 Å². The molecule has 0 aliphatic carbocycles. The number of para-hydroxylation sites is 1. The van der Waals surface area contributed by atoms with E-state index in [1.807, 2.05) is 24.3 Å². The Hall–Kier alpha value is -5.17. The highest BCUT2D eigenvalue weighted by Gasteiger charge is 2.29. The third kappa shape index (κ3) is 7.92. The molecule has 0 fully saturated rings. The first kappa shape index (κ1) is 28.8. The normalized spacial score (nSPS) is 13.2. The number of phenols is 1. The number of fused-ring (bicyclic) bond motifs is 1. The molecule has 0 spiro atoms. The first-order chi connectivity index (χ1) is 19.7. The van der Waals surface area contributed by atoms with Crippen LogP contribution in [0.25, 0.3) is 10.9 Å². The van der Waals surface area contributed by atoms with Gasteiger partial charge >= 0.3 is 5.97 Å². The molecule has 13 nitrogen and oxygen atoms in total. The molecule has 0 aliphatic rings. The van der Waals surface area contributed by atoms with E-state index < -0.39 is 48.4 Å². The Labute approximate surface area is 234 Å². The van der Waals surface area contributed by atoms with E-state index in [4.69, 9.17) is 10.8 Å². The van der Waals surface area contributed by atoms with Crippen LogP contribution in [0.3, 0.4) is 0 Å². The average molecular weight is 562 g/mol. The van der Waals surface area contributed by atoms with Crippen molar-refractivity contribution in [1.82, 2.24) is 30.9 Å². The van der Waals surface area contributed by atoms with Crippen molar-refractivity contribution < 1.29 is 29.4 Å². The maximum atomic E-state index is 13.6. The quantitative estimate of drug-likeness (QED) is 0.112. The van der Waals surface area contributed by atoms with Crippen LogP contribution >= 0.6 is 0 Å². The maximum Gasteiger partial charge on any atom is 0.322 e. The highest BCUT2D eigenvalue weighted by Crippen LogP contribution is 2.19. The van der Waals surface area contributed by atoms with Crippen LogP contribution in [0.5, 0.6) is 5.75 Å². The molecule has 3 atom stereocenters. The molecule has 2 aromatic heterocycles. The summed E-state index contributed by atoms with van der Waals surface area (Å²) in [5.41, 5.74) is 8.98. The number of nitrogens with one attached hydrogen (secondary N) is 5. The molecule has 0 saturated heterocycles. The molecular weight excluding hydrogens is 530 g/mol. The number of imidazole rings is 1. The molecule has 0 aliphatic heterocycles. The molecule has 0 radical (unpaired) electrons. The number of H-pyrrole nitrogens is 2. The van der Waals surface area contributed by atoms with Gasteiger partial charge in [0.05, 0.1) is 12.4 Å². The van der Waals surface area contributed by atoms with Gasteiger partial charge in [-0.25, -0.2) is 4.98 Å². The van der Waals surface area contributed by atoms with Crippen molar-refractivity contribution in [2.45, 2.75) is 37.4 Å². The number of carboxylic acids is 1. The van der Waals surface area contributed by atoms with Gasteiger partial charge < -0.3 is 41.9 Å². The summed E-state index contributed by atoms with van der Waals surface area (Å²) in [7, 11) is 0. The van der Waals surface area contributed by atoms with Crippen molar-refractivity contribution in [2.75, 3.05) is 6.54 Å². The standard InChI is InChI=1S/C28H31N7O6/c29-21(11-18-13-30-15-33-18)26(39)34-24(10-17-12-31-22-4-2-1-3-20(17)22)28(41)35-23(27(40)32-14-25(37)38)9-16-5-7-19(36)8-6-16/h1-8,12-13,15,21,23-24,31,36H,9-11,14,29H2,(H,30,33)(H,32,40)(H,34,39)(H,35,41)(H,37,38). The maximum absolute atomic E-state index is 13.6. The van der Waals surface area contributed by atoms with Crippen LogP contribution in [0, 0.1) is 0 Å². The zero-order valence-corrected chi connectivity index (χ0v) is 22.0. The number of carboxylic acid groups (broad SMARTS) is 1. The number of phenolic OH excluding ortho intramolecular Hbond substituents is 1. The van der Waals surface area contributed by atoms with E-state index >= 15 is 0 Å². The van der Waals surface area contributed by atoms with E-state index in [1.54, 1.807) is 24.5 Å². The van der Waals surface area contributed by atoms with Crippen LogP contribution in [0.4, 0.5) is 0 Å². The molecule has 4 aromatic rings. The van der Waals surface area contributed by atoms with Gasteiger partial charge in [-0.1, -0.05) is 30.3 Å². The number of aromatic amines is 2. The van der Waals surface area contributed by atoms with Gasteiger partial charge in [0.15, 0.2) is 0 Å². The number of hydrogen-bond acceptors (Lipinski definition) is 7. The van der Waals surface area contributed by atoms with Crippen LogP contribution in [-0.2, 0) is 38.4 Å². The zero-order valence-electron chi connectivity index (χ0n) is 22.0. The largest absolute Gasteiger partial charge is 0.508 e. The Morgan fingerprint density at radius 1 is 0.878 bits per heavy atom. The van der Waals surface area contributed by atoms with Gasteiger partial charge in [-0.2, -0.15) is 0 Å². The topological polar surface area (TPSA) is 215 Å². The summed E-state index contributed by atoms with van der Waals surface area (Å²) in [6, 6.07) is 10.2. The molecule has 214 valence electrons. The predicted molar refractivity (Wildman–Crippen MR) is 149 cm³/mol. The van der Waals surface area contributed by atoms with Crippen molar-refractivity contribution in [1.29, 1.82) is 0 Å². The van der Waals surface area contributed by atoms with Crippen LogP contribution in [0.2, 0.25) is 0 Å². The summed E-state index contributed by atoms with van der Waals surface area (Å²) in [6.07, 6.45) is 5.01. The number of aromatic hydroxyl groups is 1. The van der Waals surface area contributed by atoms with Crippen molar-refractivity contribution in [3.8, 4) is 5.75 Å². The molecule has 13 heteroatoms. The molecule has 41 heavy (non-hydrogen) atoms. The molecule has 0 saturated carbocycles. The monoisotopic (exact) mass is 561 g/mol. The van der Waals surface area contributed by atoms with E-state index in [-0.39, 0.29) is 25.0 Å². The number of carbonyl (C=O) groups is 4. The fourth-order valence-corrected chi connectivity index (χ4v) is 4.37. The Morgan fingerprint density at radius 2 is 1.59 bits per heavy atom. The SMILES string of the molecule is NC(Cc1cnc[nH]1)C(=O)NC(Cc1c[nH]c2ccccc12)C(=O)NC(Cc1ccc(O)cc1)C(=O)NCC(=O)O. The van der Waals surface area contributed by atoms with Gasteiger partial charge in [-0.3, -0.25) is 19.2 Å². The summed E-state index contributed by atoms with van der Waals surface area (Å²) >= 11 is 0. The van der Waals surface area contributed by atoms with E-state index in [2.05, 4.69) is 30.9 Å². The summed E-state index contributed by atoms with van der Waals surface area (Å²) < 4.78 is 0. The second kappa shape index (κ2) is 13.3. The highest BCUT2D eigenvalue weighted by molar-refractivity contribution is 5.94. The first-order valence-electron chi connectivity index (χ1n) is 12.9. The van der Waals surface area contributed by atoms with E-state index in [1.165, 1.54) is 18.5 Å². The van der Waals surface area contributed by atoms with Crippen molar-refractivity contribution in [3.63, 3.8) is 0 Å². The van der Waals surface area contributed by atoms with E-state index in [9.17, 15) is 24.3 Å². The summed E-state index contributed by atoms with van der Waals surface area (Å²) in [5.74, 6) is -3.18. The Kier molecular flexibility index (Phi) is 9.32. The van der Waals surface area contributed by atoms with Gasteiger partial charge in [0.1, 0.15) is 24.4 Å². The molecule has 3 amide bonds. The Balaban J connectivity index is 1.56. The van der Waals surface area contributed by atoms with E-state index in [0.717, 1.165) is 16.5 Å². The molecule has 0 bridgehead atoms. The number of carbonyl (C=O) groups excluding carboxylic acids is 3. The van der Waals surface area contributed by atoms with Crippen LogP contribution < -0.4 is 21.7 Å². The number of aliphatic carboxylic acids is 1. The van der Waals surface area contributed by atoms with Crippen molar-refractivity contribution >= 4 is 34.6 Å². The van der Waals surface area contributed by atoms with Gasteiger partial charge in [0, 0.05) is 48.3 Å². The number of rotatable bonds is 13. The summed E-state index contributed by atoms with van der Waals surface area (Å²) in [5, 5.41) is 27.1. The van der Waals surface area contributed by atoms with Crippen molar-refractivity contribution in [2.24, 2.45) is 5.73 Å². The van der Waals surface area contributed by atoms with Crippen LogP contribution in [-0.4, -0.2) is 73.5 Å². The van der Waals surface area contributed by atoms with Gasteiger partial charge in [0.25, 0.3) is 0 Å². The lowest BCUT2D eigenvalue weighted by Crippen LogP contribution is -2.57. The number of hydrogen-bond donors (Lipinski definition) is 8. The summed E-state index contributed by atoms with van der Waals surface area (Å²) in [4.78, 5) is 60.6. The smallest absolute Gasteiger partial charge is 0.322 e. The third-order valence-electron chi connectivity index (χ3n) is 6.49. The fourth-order valence-electron chi connectivity index (χ4n) is 4.37. The minimum absolute atomic E-state index is 0.00453. The highest BCUT2D eigenvalue weighted by atomic mass is 16.4. The van der Waals surface area contributed by atoms with Crippen LogP contribution in [0.1, 0.15) is 16.8 Å². The number of aromatic nitrogens is 3. The Morgan fingerprint density at radius 3 is 2.29 bits per heavy atom. The molecule has 2 heterocycles. The number of benzene rings is 2. The second-order valence-electron chi connectivity index (χ2n) is 9.56.